The Morgan fingerprint density at radius 2 is 2.33 bits per heavy atom. The lowest BCUT2D eigenvalue weighted by Crippen LogP contribution is -1.89. The van der Waals surface area contributed by atoms with E-state index in [4.69, 9.17) is 0 Å². The molecule has 0 atom stereocenters. The molecule has 2 rings (SSSR count). The van der Waals surface area contributed by atoms with Crippen LogP contribution in [-0.4, -0.2) is 19.8 Å². The highest BCUT2D eigenvalue weighted by Crippen LogP contribution is 1.89. The normalized spacial score (nSPS) is 10.2. The van der Waals surface area contributed by atoms with E-state index in [1.54, 1.807) is 6.20 Å². The van der Waals surface area contributed by atoms with Gasteiger partial charge in [0.05, 0.1) is 0 Å². The number of nitrogens with zero attached hydrogens (tertiary/aromatic N) is 4. The molecule has 2 heterocycles. The first-order valence-electron chi connectivity index (χ1n) is 2.58. The Kier molecular flexibility index (Phi) is 0.745. The van der Waals surface area contributed by atoms with E-state index in [1.807, 2.05) is 12.1 Å². The summed E-state index contributed by atoms with van der Waals surface area (Å²) >= 11 is 0. The SMILES string of the molecule is c1cnn2ncnc2c1. The van der Waals surface area contributed by atoms with Crippen molar-refractivity contribution in [2.75, 3.05) is 0 Å². The van der Waals surface area contributed by atoms with E-state index in [1.165, 1.54) is 11.0 Å². The van der Waals surface area contributed by atoms with E-state index in [2.05, 4.69) is 15.2 Å². The Morgan fingerprint density at radius 3 is 3.22 bits per heavy atom. The Hall–Kier alpha value is -1.45. The minimum atomic E-state index is 0.775. The summed E-state index contributed by atoms with van der Waals surface area (Å²) in [6, 6.07) is 3.67. The van der Waals surface area contributed by atoms with Gasteiger partial charge in [-0.1, -0.05) is 0 Å². The van der Waals surface area contributed by atoms with Crippen molar-refractivity contribution in [3.63, 3.8) is 0 Å². The fourth-order valence-electron chi connectivity index (χ4n) is 0.674. The second-order valence-corrected chi connectivity index (χ2v) is 1.63. The van der Waals surface area contributed by atoms with Crippen LogP contribution in [-0.2, 0) is 0 Å². The molecule has 0 aliphatic rings. The van der Waals surface area contributed by atoms with Gasteiger partial charge in [0.2, 0.25) is 0 Å². The third-order valence-corrected chi connectivity index (χ3v) is 1.06. The molecule has 0 saturated heterocycles. The first kappa shape index (κ1) is 4.43. The van der Waals surface area contributed by atoms with Gasteiger partial charge in [-0.3, -0.25) is 0 Å². The average Bonchev–Trinajstić information content (AvgIpc) is 2.33. The molecule has 2 aromatic rings. The summed E-state index contributed by atoms with van der Waals surface area (Å²) in [5, 5.41) is 7.70. The summed E-state index contributed by atoms with van der Waals surface area (Å²) in [6.45, 7) is 0. The number of fused-ring (bicyclic) bond motifs is 1. The van der Waals surface area contributed by atoms with Gasteiger partial charge in [0.15, 0.2) is 5.65 Å². The van der Waals surface area contributed by atoms with Gasteiger partial charge in [-0.2, -0.15) is 5.10 Å². The molecule has 0 fully saturated rings. The predicted molar refractivity (Wildman–Crippen MR) is 30.8 cm³/mol. The van der Waals surface area contributed by atoms with Crippen LogP contribution in [0.1, 0.15) is 0 Å². The van der Waals surface area contributed by atoms with Crippen LogP contribution >= 0.6 is 0 Å². The van der Waals surface area contributed by atoms with E-state index >= 15 is 0 Å². The Labute approximate surface area is 51.1 Å². The number of hydrogen-bond donors (Lipinski definition) is 0. The molecule has 0 unspecified atom stereocenters. The molecule has 0 radical (unpaired) electrons. The van der Waals surface area contributed by atoms with E-state index in [-0.39, 0.29) is 0 Å². The second kappa shape index (κ2) is 1.51. The fourth-order valence-corrected chi connectivity index (χ4v) is 0.674. The molecule has 0 aliphatic heterocycles. The maximum atomic E-state index is 3.91. The molecule has 0 bridgehead atoms. The van der Waals surface area contributed by atoms with Crippen molar-refractivity contribution in [1.29, 1.82) is 0 Å². The Balaban J connectivity index is 2.95. The lowest BCUT2D eigenvalue weighted by molar-refractivity contribution is 0.799. The third-order valence-electron chi connectivity index (χ3n) is 1.06. The molecule has 0 saturated carbocycles. The largest absolute Gasteiger partial charge is 0.213 e. The van der Waals surface area contributed by atoms with E-state index in [0.29, 0.717) is 0 Å². The van der Waals surface area contributed by atoms with Gasteiger partial charge in [-0.15, -0.1) is 9.73 Å². The smallest absolute Gasteiger partial charge is 0.175 e. The monoisotopic (exact) mass is 120 g/mol. The topological polar surface area (TPSA) is 43.1 Å². The quantitative estimate of drug-likeness (QED) is 0.496. The zero-order valence-electron chi connectivity index (χ0n) is 4.60. The molecule has 2 aromatic heterocycles. The number of hydrogen-bond acceptors (Lipinski definition) is 3. The minimum Gasteiger partial charge on any atom is -0.213 e. The maximum absolute atomic E-state index is 3.91. The molecule has 0 aromatic carbocycles. The second-order valence-electron chi connectivity index (χ2n) is 1.63. The van der Waals surface area contributed by atoms with Crippen LogP contribution in [0.15, 0.2) is 24.7 Å². The summed E-state index contributed by atoms with van der Waals surface area (Å²) in [7, 11) is 0. The van der Waals surface area contributed by atoms with Crippen LogP contribution in [0.3, 0.4) is 0 Å². The van der Waals surface area contributed by atoms with Crippen LogP contribution < -0.4 is 0 Å². The summed E-state index contributed by atoms with van der Waals surface area (Å²) in [5.41, 5.74) is 0.775. The van der Waals surface area contributed by atoms with E-state index in [0.717, 1.165) is 5.65 Å². The van der Waals surface area contributed by atoms with E-state index in [9.17, 15) is 0 Å². The molecule has 4 heteroatoms. The lowest BCUT2D eigenvalue weighted by Gasteiger charge is -1.83. The van der Waals surface area contributed by atoms with Gasteiger partial charge in [0.1, 0.15) is 6.33 Å². The van der Waals surface area contributed by atoms with Crippen molar-refractivity contribution in [2.24, 2.45) is 0 Å². The highest BCUT2D eigenvalue weighted by molar-refractivity contribution is 5.32. The van der Waals surface area contributed by atoms with Crippen molar-refractivity contribution in [3.8, 4) is 0 Å². The molecule has 9 heavy (non-hydrogen) atoms. The molecule has 44 valence electrons. The average molecular weight is 120 g/mol. The molecule has 0 N–H and O–H groups in total. The van der Waals surface area contributed by atoms with Crippen LogP contribution in [0.25, 0.3) is 5.65 Å². The van der Waals surface area contributed by atoms with Gasteiger partial charge < -0.3 is 0 Å². The molecule has 0 amide bonds. The van der Waals surface area contributed by atoms with Crippen LogP contribution in [0.4, 0.5) is 0 Å². The molecular weight excluding hydrogens is 116 g/mol. The summed E-state index contributed by atoms with van der Waals surface area (Å²) in [4.78, 5) is 3.91. The predicted octanol–water partition coefficient (Wildman–Crippen LogP) is 0.124. The van der Waals surface area contributed by atoms with Gasteiger partial charge >= 0.3 is 0 Å². The number of aromatic nitrogens is 4. The van der Waals surface area contributed by atoms with Gasteiger partial charge in [0, 0.05) is 6.20 Å². The van der Waals surface area contributed by atoms with Crippen molar-refractivity contribution in [2.45, 2.75) is 0 Å². The standard InChI is InChI=1S/C5H4N4/c1-2-5-6-4-8-9(5)7-3-1/h1-4H. The third kappa shape index (κ3) is 0.561. The van der Waals surface area contributed by atoms with Crippen molar-refractivity contribution in [3.05, 3.63) is 24.7 Å². The summed E-state index contributed by atoms with van der Waals surface area (Å²) < 4.78 is 1.47. The van der Waals surface area contributed by atoms with Gasteiger partial charge in [-0.05, 0) is 12.1 Å². The zero-order chi connectivity index (χ0) is 6.10. The number of rotatable bonds is 0. The molecule has 4 nitrogen and oxygen atoms in total. The Bertz CT molecular complexity index is 283. The highest BCUT2D eigenvalue weighted by atomic mass is 15.4. The fraction of sp³-hybridized carbons (Fsp3) is 0. The van der Waals surface area contributed by atoms with Crippen molar-refractivity contribution in [1.82, 2.24) is 19.8 Å². The lowest BCUT2D eigenvalue weighted by atomic mass is 10.6. The van der Waals surface area contributed by atoms with Crippen molar-refractivity contribution >= 4 is 5.65 Å². The molecular formula is C5H4N4. The molecule has 0 spiro atoms. The zero-order valence-corrected chi connectivity index (χ0v) is 4.60. The minimum absolute atomic E-state index is 0.775. The van der Waals surface area contributed by atoms with Crippen LogP contribution in [0.2, 0.25) is 0 Å². The maximum Gasteiger partial charge on any atom is 0.175 e. The summed E-state index contributed by atoms with van der Waals surface area (Å²) in [6.07, 6.45) is 3.14. The van der Waals surface area contributed by atoms with Crippen molar-refractivity contribution < 1.29 is 0 Å². The van der Waals surface area contributed by atoms with Gasteiger partial charge in [-0.25, -0.2) is 4.98 Å². The molecule has 0 aliphatic carbocycles. The first-order chi connectivity index (χ1) is 4.47. The summed E-state index contributed by atoms with van der Waals surface area (Å²) in [5.74, 6) is 0. The first-order valence-corrected chi connectivity index (χ1v) is 2.58. The van der Waals surface area contributed by atoms with Crippen LogP contribution in [0.5, 0.6) is 0 Å². The highest BCUT2D eigenvalue weighted by Gasteiger charge is 1.88. The van der Waals surface area contributed by atoms with Crippen LogP contribution in [0, 0.1) is 0 Å². The Morgan fingerprint density at radius 1 is 1.33 bits per heavy atom. The van der Waals surface area contributed by atoms with E-state index < -0.39 is 0 Å². The van der Waals surface area contributed by atoms with Gasteiger partial charge in [0.25, 0.3) is 0 Å².